The van der Waals surface area contributed by atoms with Gasteiger partial charge in [-0.1, -0.05) is 23.2 Å². The van der Waals surface area contributed by atoms with Gasteiger partial charge in [-0.05, 0) is 67.8 Å². The van der Waals surface area contributed by atoms with Crippen molar-refractivity contribution in [2.45, 2.75) is 6.54 Å². The van der Waals surface area contributed by atoms with Gasteiger partial charge in [0.05, 0.1) is 26.1 Å². The normalized spacial score (nSPS) is 10.4. The lowest BCUT2D eigenvalue weighted by atomic mass is 10.2. The number of rotatable bonds is 4. The van der Waals surface area contributed by atoms with Gasteiger partial charge in [-0.15, -0.1) is 0 Å². The van der Waals surface area contributed by atoms with E-state index < -0.39 is 0 Å². The van der Waals surface area contributed by atoms with E-state index in [2.05, 4.69) is 37.2 Å². The van der Waals surface area contributed by atoms with E-state index in [1.54, 1.807) is 19.2 Å². The minimum absolute atomic E-state index is 0.536. The number of halogens is 4. The van der Waals surface area contributed by atoms with E-state index in [4.69, 9.17) is 27.9 Å². The molecule has 2 nitrogen and oxygen atoms in total. The molecule has 20 heavy (non-hydrogen) atoms. The molecular weight excluding hydrogens is 429 g/mol. The van der Waals surface area contributed by atoms with Crippen LogP contribution in [0.3, 0.4) is 0 Å². The van der Waals surface area contributed by atoms with Crippen LogP contribution in [0.25, 0.3) is 0 Å². The standard InChI is InChI=1S/C14H11Br2Cl2NO/c1-20-14-10(15)4-8(5-11(14)16)7-19-9-2-3-12(17)13(18)6-9/h2-6,19H,7H2,1H3. The molecule has 1 N–H and O–H groups in total. The summed E-state index contributed by atoms with van der Waals surface area (Å²) in [4.78, 5) is 0. The Bertz CT molecular complexity index is 612. The molecule has 2 rings (SSSR count). The van der Waals surface area contributed by atoms with Crippen LogP contribution in [0.2, 0.25) is 10.0 Å². The van der Waals surface area contributed by atoms with Crippen molar-refractivity contribution in [3.8, 4) is 5.75 Å². The lowest BCUT2D eigenvalue weighted by Gasteiger charge is -2.11. The maximum atomic E-state index is 5.98. The van der Waals surface area contributed by atoms with Gasteiger partial charge >= 0.3 is 0 Å². The molecule has 0 spiro atoms. The fourth-order valence-electron chi connectivity index (χ4n) is 1.72. The Morgan fingerprint density at radius 3 is 2.25 bits per heavy atom. The zero-order valence-electron chi connectivity index (χ0n) is 10.5. The molecule has 0 radical (unpaired) electrons. The molecule has 0 saturated carbocycles. The summed E-state index contributed by atoms with van der Waals surface area (Å²) in [6.45, 7) is 0.666. The Balaban J connectivity index is 2.13. The molecule has 0 heterocycles. The molecule has 6 heteroatoms. The first kappa shape index (κ1) is 16.0. The lowest BCUT2D eigenvalue weighted by Crippen LogP contribution is -2.00. The monoisotopic (exact) mass is 437 g/mol. The van der Waals surface area contributed by atoms with Gasteiger partial charge in [-0.3, -0.25) is 0 Å². The molecule has 2 aromatic rings. The molecule has 0 bridgehead atoms. The number of anilines is 1. The summed E-state index contributed by atoms with van der Waals surface area (Å²) in [7, 11) is 1.64. The van der Waals surface area contributed by atoms with E-state index in [1.807, 2.05) is 18.2 Å². The third-order valence-electron chi connectivity index (χ3n) is 2.68. The molecule has 0 aliphatic carbocycles. The molecule has 0 aliphatic heterocycles. The smallest absolute Gasteiger partial charge is 0.147 e. The molecule has 0 fully saturated rings. The lowest BCUT2D eigenvalue weighted by molar-refractivity contribution is 0.409. The maximum absolute atomic E-state index is 5.98. The van der Waals surface area contributed by atoms with Gasteiger partial charge in [0.25, 0.3) is 0 Å². The van der Waals surface area contributed by atoms with Crippen LogP contribution in [-0.4, -0.2) is 7.11 Å². The highest BCUT2D eigenvalue weighted by Gasteiger charge is 2.08. The van der Waals surface area contributed by atoms with Crippen molar-refractivity contribution in [1.82, 2.24) is 0 Å². The van der Waals surface area contributed by atoms with E-state index in [1.165, 1.54) is 0 Å². The second-order valence-corrected chi connectivity index (χ2v) is 6.60. The highest BCUT2D eigenvalue weighted by Crippen LogP contribution is 2.34. The van der Waals surface area contributed by atoms with Gasteiger partial charge in [0.1, 0.15) is 5.75 Å². The molecule has 0 aliphatic rings. The van der Waals surface area contributed by atoms with Crippen molar-refractivity contribution in [3.05, 3.63) is 54.9 Å². The first-order valence-corrected chi connectivity index (χ1v) is 8.06. The summed E-state index contributed by atoms with van der Waals surface area (Å²) in [5, 5.41) is 4.38. The minimum atomic E-state index is 0.536. The quantitative estimate of drug-likeness (QED) is 0.617. The van der Waals surface area contributed by atoms with Gasteiger partial charge in [0.2, 0.25) is 0 Å². The predicted octanol–water partition coefficient (Wildman–Crippen LogP) is 6.14. The molecule has 0 atom stereocenters. The number of nitrogens with one attached hydrogen (secondary N) is 1. The third kappa shape index (κ3) is 3.82. The van der Waals surface area contributed by atoms with E-state index in [0.717, 1.165) is 25.9 Å². The van der Waals surface area contributed by atoms with E-state index >= 15 is 0 Å². The first-order valence-electron chi connectivity index (χ1n) is 5.72. The van der Waals surface area contributed by atoms with Crippen LogP contribution in [0, 0.1) is 0 Å². The zero-order chi connectivity index (χ0) is 14.7. The molecule has 0 amide bonds. The van der Waals surface area contributed by atoms with Crippen LogP contribution < -0.4 is 10.1 Å². The van der Waals surface area contributed by atoms with Crippen molar-refractivity contribution in [3.63, 3.8) is 0 Å². The van der Waals surface area contributed by atoms with Crippen molar-refractivity contribution in [2.75, 3.05) is 12.4 Å². The van der Waals surface area contributed by atoms with Crippen molar-refractivity contribution in [2.24, 2.45) is 0 Å². The largest absolute Gasteiger partial charge is 0.494 e. The van der Waals surface area contributed by atoms with Crippen LogP contribution in [0.4, 0.5) is 5.69 Å². The number of benzene rings is 2. The number of methoxy groups -OCH3 is 1. The summed E-state index contributed by atoms with van der Waals surface area (Å²) < 4.78 is 7.08. The average Bonchev–Trinajstić information content (AvgIpc) is 2.40. The maximum Gasteiger partial charge on any atom is 0.147 e. The summed E-state index contributed by atoms with van der Waals surface area (Å²) in [6, 6.07) is 9.48. The molecule has 106 valence electrons. The Morgan fingerprint density at radius 2 is 1.70 bits per heavy atom. The van der Waals surface area contributed by atoms with Crippen molar-refractivity contribution >= 4 is 60.7 Å². The fourth-order valence-corrected chi connectivity index (χ4v) is 3.62. The Kier molecular flexibility index (Phi) is 5.61. The number of hydrogen-bond donors (Lipinski definition) is 1. The number of ether oxygens (including phenoxy) is 1. The fraction of sp³-hybridized carbons (Fsp3) is 0.143. The van der Waals surface area contributed by atoms with Crippen LogP contribution >= 0.6 is 55.1 Å². The Labute approximate surface area is 144 Å². The summed E-state index contributed by atoms with van der Waals surface area (Å²) in [5.41, 5.74) is 2.03. The highest BCUT2D eigenvalue weighted by atomic mass is 79.9. The molecule has 0 unspecified atom stereocenters. The molecule has 0 saturated heterocycles. The van der Waals surface area contributed by atoms with Gasteiger partial charge in [0, 0.05) is 12.2 Å². The SMILES string of the molecule is COc1c(Br)cc(CNc2ccc(Cl)c(Cl)c2)cc1Br. The number of hydrogen-bond acceptors (Lipinski definition) is 2. The predicted molar refractivity (Wildman–Crippen MR) is 92.2 cm³/mol. The van der Waals surface area contributed by atoms with Gasteiger partial charge < -0.3 is 10.1 Å². The third-order valence-corrected chi connectivity index (χ3v) is 4.60. The first-order chi connectivity index (χ1) is 9.51. The Hall–Kier alpha value is -0.420. The van der Waals surface area contributed by atoms with Crippen LogP contribution in [0.5, 0.6) is 5.75 Å². The van der Waals surface area contributed by atoms with Crippen molar-refractivity contribution < 1.29 is 4.74 Å². The van der Waals surface area contributed by atoms with Crippen LogP contribution in [0.15, 0.2) is 39.3 Å². The molecule has 0 aromatic heterocycles. The molecule has 2 aromatic carbocycles. The summed E-state index contributed by atoms with van der Waals surface area (Å²) in [6.07, 6.45) is 0. The second-order valence-electron chi connectivity index (χ2n) is 4.08. The summed E-state index contributed by atoms with van der Waals surface area (Å²) in [5.74, 6) is 0.781. The summed E-state index contributed by atoms with van der Waals surface area (Å²) >= 11 is 18.8. The average molecular weight is 440 g/mol. The van der Waals surface area contributed by atoms with Gasteiger partial charge in [-0.25, -0.2) is 0 Å². The molecular formula is C14H11Br2Cl2NO. The topological polar surface area (TPSA) is 21.3 Å². The zero-order valence-corrected chi connectivity index (χ0v) is 15.2. The van der Waals surface area contributed by atoms with E-state index in [0.29, 0.717) is 16.6 Å². The van der Waals surface area contributed by atoms with E-state index in [9.17, 15) is 0 Å². The second kappa shape index (κ2) is 7.03. The Morgan fingerprint density at radius 1 is 1.05 bits per heavy atom. The van der Waals surface area contributed by atoms with Crippen molar-refractivity contribution in [1.29, 1.82) is 0 Å². The van der Waals surface area contributed by atoms with Crippen LogP contribution in [-0.2, 0) is 6.54 Å². The van der Waals surface area contributed by atoms with E-state index in [-0.39, 0.29) is 0 Å². The van der Waals surface area contributed by atoms with Crippen LogP contribution in [0.1, 0.15) is 5.56 Å². The minimum Gasteiger partial charge on any atom is -0.494 e. The van der Waals surface area contributed by atoms with Gasteiger partial charge in [-0.2, -0.15) is 0 Å². The van der Waals surface area contributed by atoms with Gasteiger partial charge in [0.15, 0.2) is 0 Å². The highest BCUT2D eigenvalue weighted by molar-refractivity contribution is 9.11.